The van der Waals surface area contributed by atoms with E-state index in [4.69, 9.17) is 14.5 Å². The van der Waals surface area contributed by atoms with Crippen LogP contribution >= 0.6 is 11.8 Å². The summed E-state index contributed by atoms with van der Waals surface area (Å²) in [6.07, 6.45) is 16.2. The highest BCUT2D eigenvalue weighted by atomic mass is 32.2. The molecule has 0 aromatic rings. The molecule has 228 valence electrons. The summed E-state index contributed by atoms with van der Waals surface area (Å²) in [6.45, 7) is 6.38. The summed E-state index contributed by atoms with van der Waals surface area (Å²) in [4.78, 5) is 44.7. The Bertz CT molecular complexity index is 1470. The number of hydrogen-bond donors (Lipinski definition) is 2. The normalized spacial score (nSPS) is 50.0. The van der Waals surface area contributed by atoms with Gasteiger partial charge in [-0.25, -0.2) is 0 Å². The number of fused-ring (bicyclic) bond motifs is 8. The van der Waals surface area contributed by atoms with Crippen LogP contribution in [0.3, 0.4) is 0 Å². The molecule has 0 bridgehead atoms. The van der Waals surface area contributed by atoms with Crippen molar-refractivity contribution in [2.45, 2.75) is 89.4 Å². The number of Topliss-reactive ketones (excluding diaryl/α,β-unsaturated/α-hetero) is 1. The van der Waals surface area contributed by atoms with Gasteiger partial charge in [0, 0.05) is 22.7 Å². The number of hydrogen-bond acceptors (Lipinski definition) is 8. The standard InChI is InChI=1S/C34H40N2O6S/c1-4-7-26-41-25-15-22-20-10-9-18-14-19(37)11-13-31(18,2)27(20)23(38)16-32(22,3)34(25,42-26)24(39)17-43-30-35-28-21-8-5-6-12-33(21,28)29(40)36-30/h5-6,8,11-14,20-23,25-28,38H,4,7,9-10,15-17H2,1-3H3,(H,35,36,40)/t20?,21?,22?,23-,25+,26+,27?,28?,31?,32?,33?,34+/m0/s1. The van der Waals surface area contributed by atoms with Gasteiger partial charge in [0.1, 0.15) is 0 Å². The van der Waals surface area contributed by atoms with Gasteiger partial charge in [0.25, 0.3) is 0 Å². The maximum absolute atomic E-state index is 14.6. The molecule has 2 heterocycles. The van der Waals surface area contributed by atoms with Crippen LogP contribution in [-0.2, 0) is 23.9 Å². The lowest BCUT2D eigenvalue weighted by molar-refractivity contribution is -0.197. The minimum atomic E-state index is -1.18. The van der Waals surface area contributed by atoms with Crippen molar-refractivity contribution < 1.29 is 29.0 Å². The van der Waals surface area contributed by atoms with Gasteiger partial charge < -0.3 is 19.9 Å². The van der Waals surface area contributed by atoms with Crippen LogP contribution in [0.2, 0.25) is 0 Å². The largest absolute Gasteiger partial charge is 0.393 e. The lowest BCUT2D eigenvalue weighted by atomic mass is 9.46. The van der Waals surface area contributed by atoms with E-state index in [-0.39, 0.29) is 64.5 Å². The van der Waals surface area contributed by atoms with Crippen LogP contribution in [0.1, 0.15) is 59.3 Å². The number of allylic oxidation sites excluding steroid dienone is 6. The topological polar surface area (TPSA) is 114 Å². The second kappa shape index (κ2) is 9.35. The Labute approximate surface area is 256 Å². The van der Waals surface area contributed by atoms with E-state index in [1.54, 1.807) is 12.2 Å². The zero-order valence-electron chi connectivity index (χ0n) is 25.0. The predicted octanol–water partition coefficient (Wildman–Crippen LogP) is 4.05. The zero-order chi connectivity index (χ0) is 29.9. The van der Waals surface area contributed by atoms with E-state index >= 15 is 0 Å². The second-order valence-electron chi connectivity index (χ2n) is 14.4. The Hall–Kier alpha value is -2.33. The minimum Gasteiger partial charge on any atom is -0.393 e. The van der Waals surface area contributed by atoms with Crippen LogP contribution in [-0.4, -0.2) is 63.6 Å². The summed E-state index contributed by atoms with van der Waals surface area (Å²) in [5.41, 5.74) is -1.64. The molecule has 12 atom stereocenters. The predicted molar refractivity (Wildman–Crippen MR) is 162 cm³/mol. The number of ether oxygens (including phenoxy) is 2. The van der Waals surface area contributed by atoms with Crippen molar-refractivity contribution in [1.82, 2.24) is 5.32 Å². The van der Waals surface area contributed by atoms with Crippen LogP contribution in [0.25, 0.3) is 0 Å². The van der Waals surface area contributed by atoms with Gasteiger partial charge in [0.2, 0.25) is 5.91 Å². The van der Waals surface area contributed by atoms with Crippen molar-refractivity contribution in [2.75, 3.05) is 5.75 Å². The molecule has 0 aromatic carbocycles. The monoisotopic (exact) mass is 604 g/mol. The highest BCUT2D eigenvalue weighted by molar-refractivity contribution is 8.14. The average molecular weight is 605 g/mol. The van der Waals surface area contributed by atoms with E-state index in [0.29, 0.717) is 24.4 Å². The first-order chi connectivity index (χ1) is 20.6. The summed E-state index contributed by atoms with van der Waals surface area (Å²) in [5, 5.41) is 15.4. The third-order valence-corrected chi connectivity index (χ3v) is 13.4. The molecule has 1 spiro atoms. The summed E-state index contributed by atoms with van der Waals surface area (Å²) < 4.78 is 13.3. The second-order valence-corrected chi connectivity index (χ2v) is 15.4. The zero-order valence-corrected chi connectivity index (χ0v) is 25.8. The molecule has 0 aromatic heterocycles. The van der Waals surface area contributed by atoms with Gasteiger partial charge in [0.15, 0.2) is 28.6 Å². The van der Waals surface area contributed by atoms with E-state index in [9.17, 15) is 19.5 Å². The number of carbonyl (C=O) groups is 3. The number of nitrogens with one attached hydrogen (secondary N) is 1. The minimum absolute atomic E-state index is 0.0181. The van der Waals surface area contributed by atoms with Crippen LogP contribution in [0.4, 0.5) is 0 Å². The molecule has 8 rings (SSSR count). The van der Waals surface area contributed by atoms with Crippen LogP contribution in [0.5, 0.6) is 0 Å². The van der Waals surface area contributed by atoms with Gasteiger partial charge in [-0.1, -0.05) is 74.9 Å². The Morgan fingerprint density at radius 1 is 1.23 bits per heavy atom. The lowest BCUT2D eigenvalue weighted by Crippen LogP contribution is -2.63. The quantitative estimate of drug-likeness (QED) is 0.487. The van der Waals surface area contributed by atoms with E-state index in [1.165, 1.54) is 11.8 Å². The number of aliphatic hydroxyl groups is 1. The number of nitrogens with zero attached hydrogens (tertiary/aromatic N) is 1. The fourth-order valence-electron chi connectivity index (χ4n) is 10.5. The molecule has 6 aliphatic carbocycles. The molecule has 43 heavy (non-hydrogen) atoms. The maximum Gasteiger partial charge on any atom is 0.238 e. The van der Waals surface area contributed by atoms with E-state index in [2.05, 4.69) is 26.1 Å². The molecule has 8 aliphatic rings. The van der Waals surface area contributed by atoms with Crippen molar-refractivity contribution >= 4 is 34.4 Å². The average Bonchev–Trinajstić information content (AvgIpc) is 3.40. The van der Waals surface area contributed by atoms with Gasteiger partial charge in [-0.2, -0.15) is 0 Å². The number of amides is 1. The third-order valence-electron chi connectivity index (χ3n) is 12.5. The number of aliphatic hydroxyl groups excluding tert-OH is 1. The molecular weight excluding hydrogens is 564 g/mol. The molecular formula is C34H40N2O6S. The molecule has 8 nitrogen and oxygen atoms in total. The Balaban J connectivity index is 1.09. The Morgan fingerprint density at radius 2 is 2.07 bits per heavy atom. The van der Waals surface area contributed by atoms with E-state index < -0.39 is 28.8 Å². The van der Waals surface area contributed by atoms with E-state index in [1.807, 2.05) is 30.4 Å². The molecule has 1 saturated heterocycles. The van der Waals surface area contributed by atoms with Gasteiger partial charge in [-0.3, -0.25) is 19.4 Å². The number of amidine groups is 1. The first-order valence-corrected chi connectivity index (χ1v) is 16.9. The van der Waals surface area contributed by atoms with Crippen molar-refractivity contribution in [2.24, 2.45) is 44.9 Å². The van der Waals surface area contributed by atoms with Crippen molar-refractivity contribution in [1.29, 1.82) is 0 Å². The molecule has 4 saturated carbocycles. The molecule has 8 unspecified atom stereocenters. The van der Waals surface area contributed by atoms with Crippen LogP contribution in [0.15, 0.2) is 53.1 Å². The fraction of sp³-hybridized carbons (Fsp3) is 0.647. The number of aliphatic imine (C=N–C) groups is 1. The number of thioether (sulfide) groups is 1. The Kier molecular flexibility index (Phi) is 6.12. The first-order valence-electron chi connectivity index (χ1n) is 16.0. The maximum atomic E-state index is 14.6. The van der Waals surface area contributed by atoms with Gasteiger partial charge in [-0.15, -0.1) is 0 Å². The third kappa shape index (κ3) is 3.56. The number of carbonyl (C=O) groups excluding carboxylic acids is 3. The summed E-state index contributed by atoms with van der Waals surface area (Å²) in [6, 6.07) is -0.116. The summed E-state index contributed by atoms with van der Waals surface area (Å²) >= 11 is 1.28. The van der Waals surface area contributed by atoms with Crippen LogP contribution in [0, 0.1) is 39.9 Å². The highest BCUT2D eigenvalue weighted by Gasteiger charge is 2.76. The SMILES string of the molecule is CCC[C@@H]1O[C@@H]2CC3C4CCC5=CC(=O)C=CC5(C)C4[C@@H](O)CC3(C)[C@]2(C(=O)CSC2=NC3C4C=CC=CC43C(=O)N2)O1. The smallest absolute Gasteiger partial charge is 0.238 e. The molecule has 5 fully saturated rings. The van der Waals surface area contributed by atoms with Gasteiger partial charge in [-0.05, 0) is 56.1 Å². The van der Waals surface area contributed by atoms with Crippen LogP contribution < -0.4 is 5.32 Å². The number of rotatable bonds is 5. The number of ketones is 2. The molecule has 1 amide bonds. The Morgan fingerprint density at radius 3 is 2.88 bits per heavy atom. The first kappa shape index (κ1) is 28.2. The van der Waals surface area contributed by atoms with Crippen molar-refractivity contribution in [3.8, 4) is 0 Å². The summed E-state index contributed by atoms with van der Waals surface area (Å²) in [5.74, 6) is 0.364. The lowest BCUT2D eigenvalue weighted by Gasteiger charge is -2.59. The fourth-order valence-corrected chi connectivity index (χ4v) is 11.4. The van der Waals surface area contributed by atoms with Gasteiger partial charge >= 0.3 is 0 Å². The van der Waals surface area contributed by atoms with E-state index in [0.717, 1.165) is 24.8 Å². The highest BCUT2D eigenvalue weighted by Crippen LogP contribution is 2.70. The van der Waals surface area contributed by atoms with Crippen molar-refractivity contribution in [3.63, 3.8) is 0 Å². The summed E-state index contributed by atoms with van der Waals surface area (Å²) in [7, 11) is 0. The molecule has 9 heteroatoms. The molecule has 2 aliphatic heterocycles. The van der Waals surface area contributed by atoms with Crippen molar-refractivity contribution in [3.05, 3.63) is 48.1 Å². The molecule has 2 N–H and O–H groups in total. The molecule has 0 radical (unpaired) electrons. The van der Waals surface area contributed by atoms with Gasteiger partial charge in [0.05, 0.1) is 29.4 Å².